The highest BCUT2D eigenvalue weighted by atomic mass is 16.4. The molecule has 0 saturated heterocycles. The van der Waals surface area contributed by atoms with Crippen LogP contribution in [0.3, 0.4) is 0 Å². The molecule has 1 aromatic carbocycles. The minimum Gasteiger partial charge on any atom is -0.478 e. The Hall–Kier alpha value is -2.67. The van der Waals surface area contributed by atoms with Gasteiger partial charge in [0.2, 0.25) is 0 Å². The van der Waals surface area contributed by atoms with Crippen LogP contribution < -0.4 is 0 Å². The summed E-state index contributed by atoms with van der Waals surface area (Å²) in [6, 6.07) is 10.8. The number of hydrogen-bond acceptors (Lipinski definition) is 3. The Kier molecular flexibility index (Phi) is 3.07. The van der Waals surface area contributed by atoms with Crippen LogP contribution in [0.5, 0.6) is 0 Å². The fraction of sp³-hybridized carbons (Fsp3) is 0.0714. The first-order valence-electron chi connectivity index (χ1n) is 5.33. The minimum atomic E-state index is -1.12. The molecule has 0 amide bonds. The molecular weight excluding hydrogens is 228 g/mol. The molecule has 2 aromatic rings. The average molecular weight is 238 g/mol. The van der Waals surface area contributed by atoms with Gasteiger partial charge in [-0.15, -0.1) is 0 Å². The number of nitrogens with zero attached hydrogens (tertiary/aromatic N) is 2. The van der Waals surface area contributed by atoms with Crippen molar-refractivity contribution < 1.29 is 9.90 Å². The van der Waals surface area contributed by atoms with Gasteiger partial charge in [0.25, 0.3) is 0 Å². The van der Waals surface area contributed by atoms with Crippen LogP contribution >= 0.6 is 0 Å². The number of nitriles is 1. The summed E-state index contributed by atoms with van der Waals surface area (Å²) in [6.45, 7) is 1.93. The zero-order valence-electron chi connectivity index (χ0n) is 9.71. The van der Waals surface area contributed by atoms with E-state index in [1.807, 2.05) is 37.3 Å². The zero-order valence-corrected chi connectivity index (χ0v) is 9.71. The van der Waals surface area contributed by atoms with Crippen molar-refractivity contribution in [3.05, 3.63) is 53.2 Å². The fourth-order valence-electron chi connectivity index (χ4n) is 1.73. The summed E-state index contributed by atoms with van der Waals surface area (Å²) in [6.07, 6.45) is 1.30. The average Bonchev–Trinajstić information content (AvgIpc) is 2.38. The fourth-order valence-corrected chi connectivity index (χ4v) is 1.73. The highest BCUT2D eigenvalue weighted by Gasteiger charge is 2.13. The molecule has 0 saturated carbocycles. The molecule has 0 aliphatic rings. The molecule has 1 aromatic heterocycles. The van der Waals surface area contributed by atoms with E-state index in [1.165, 1.54) is 12.3 Å². The number of aromatic nitrogens is 1. The highest BCUT2D eigenvalue weighted by molar-refractivity contribution is 5.91. The molecule has 1 N–H and O–H groups in total. The molecule has 2 rings (SSSR count). The molecule has 1 heterocycles. The zero-order chi connectivity index (χ0) is 13.1. The van der Waals surface area contributed by atoms with Crippen LogP contribution in [0.4, 0.5) is 0 Å². The largest absolute Gasteiger partial charge is 0.478 e. The number of aryl methyl sites for hydroxylation is 1. The van der Waals surface area contributed by atoms with Crippen molar-refractivity contribution in [3.63, 3.8) is 0 Å². The third kappa shape index (κ3) is 2.06. The van der Waals surface area contributed by atoms with Gasteiger partial charge in [0.1, 0.15) is 6.07 Å². The van der Waals surface area contributed by atoms with Gasteiger partial charge in [0, 0.05) is 11.8 Å². The lowest BCUT2D eigenvalue weighted by atomic mass is 10.0. The summed E-state index contributed by atoms with van der Waals surface area (Å²) in [5, 5.41) is 17.9. The third-order valence-electron chi connectivity index (χ3n) is 2.68. The summed E-state index contributed by atoms with van der Waals surface area (Å²) < 4.78 is 0. The Morgan fingerprint density at radius 2 is 2.11 bits per heavy atom. The van der Waals surface area contributed by atoms with Crippen molar-refractivity contribution in [1.29, 1.82) is 5.26 Å². The van der Waals surface area contributed by atoms with Crippen LogP contribution in [-0.2, 0) is 0 Å². The van der Waals surface area contributed by atoms with E-state index in [0.29, 0.717) is 5.69 Å². The first-order valence-corrected chi connectivity index (χ1v) is 5.33. The van der Waals surface area contributed by atoms with Gasteiger partial charge < -0.3 is 5.11 Å². The first kappa shape index (κ1) is 11.8. The molecule has 0 atom stereocenters. The smallest absolute Gasteiger partial charge is 0.337 e. The monoisotopic (exact) mass is 238 g/mol. The first-order chi connectivity index (χ1) is 8.63. The van der Waals surface area contributed by atoms with Gasteiger partial charge in [0.15, 0.2) is 0 Å². The number of carboxylic acid groups (broad SMARTS) is 1. The second-order valence-corrected chi connectivity index (χ2v) is 3.85. The summed E-state index contributed by atoms with van der Waals surface area (Å²) in [4.78, 5) is 15.2. The molecule has 88 valence electrons. The highest BCUT2D eigenvalue weighted by Crippen LogP contribution is 2.23. The quantitative estimate of drug-likeness (QED) is 0.872. The molecule has 18 heavy (non-hydrogen) atoms. The number of carbonyl (C=O) groups is 1. The molecule has 0 aliphatic carbocycles. The number of hydrogen-bond donors (Lipinski definition) is 1. The van der Waals surface area contributed by atoms with Gasteiger partial charge in [-0.2, -0.15) is 5.26 Å². The van der Waals surface area contributed by atoms with Gasteiger partial charge in [-0.25, -0.2) is 4.79 Å². The van der Waals surface area contributed by atoms with Crippen LogP contribution in [0, 0.1) is 18.3 Å². The van der Waals surface area contributed by atoms with E-state index in [-0.39, 0.29) is 11.1 Å². The minimum absolute atomic E-state index is 0.0225. The molecule has 0 aliphatic heterocycles. The van der Waals surface area contributed by atoms with Gasteiger partial charge in [-0.3, -0.25) is 4.98 Å². The maximum Gasteiger partial charge on any atom is 0.337 e. The Morgan fingerprint density at radius 3 is 2.72 bits per heavy atom. The molecule has 0 fully saturated rings. The summed E-state index contributed by atoms with van der Waals surface area (Å²) in [7, 11) is 0. The summed E-state index contributed by atoms with van der Waals surface area (Å²) in [5.41, 5.74) is 2.48. The lowest BCUT2D eigenvalue weighted by Gasteiger charge is -2.06. The molecule has 0 bridgehead atoms. The number of rotatable bonds is 2. The molecule has 0 radical (unpaired) electrons. The number of aromatic carboxylic acids is 1. The number of pyridine rings is 1. The van der Waals surface area contributed by atoms with Crippen molar-refractivity contribution >= 4 is 5.97 Å². The maximum absolute atomic E-state index is 11.1. The van der Waals surface area contributed by atoms with E-state index < -0.39 is 5.97 Å². The van der Waals surface area contributed by atoms with Crippen molar-refractivity contribution in [3.8, 4) is 17.3 Å². The Labute approximate surface area is 104 Å². The predicted molar refractivity (Wildman–Crippen MR) is 66.1 cm³/mol. The van der Waals surface area contributed by atoms with Gasteiger partial charge >= 0.3 is 5.97 Å². The van der Waals surface area contributed by atoms with Crippen LogP contribution in [0.25, 0.3) is 11.3 Å². The van der Waals surface area contributed by atoms with Crippen LogP contribution in [-0.4, -0.2) is 16.1 Å². The summed E-state index contributed by atoms with van der Waals surface area (Å²) >= 11 is 0. The van der Waals surface area contributed by atoms with Gasteiger partial charge in [0.05, 0.1) is 16.8 Å². The normalized spacial score (nSPS) is 9.78. The van der Waals surface area contributed by atoms with E-state index in [2.05, 4.69) is 4.98 Å². The topological polar surface area (TPSA) is 74.0 Å². The van der Waals surface area contributed by atoms with E-state index in [1.54, 1.807) is 0 Å². The van der Waals surface area contributed by atoms with E-state index in [0.717, 1.165) is 11.1 Å². The second-order valence-electron chi connectivity index (χ2n) is 3.85. The maximum atomic E-state index is 11.1. The van der Waals surface area contributed by atoms with Crippen molar-refractivity contribution in [2.75, 3.05) is 0 Å². The molecule has 0 spiro atoms. The van der Waals surface area contributed by atoms with Crippen molar-refractivity contribution in [1.82, 2.24) is 4.98 Å². The molecule has 4 heteroatoms. The second kappa shape index (κ2) is 4.68. The predicted octanol–water partition coefficient (Wildman–Crippen LogP) is 2.63. The van der Waals surface area contributed by atoms with Gasteiger partial charge in [-0.1, -0.05) is 24.3 Å². The number of carboxylic acids is 1. The summed E-state index contributed by atoms with van der Waals surface area (Å²) in [5.74, 6) is -1.12. The molecule has 0 unspecified atom stereocenters. The van der Waals surface area contributed by atoms with Crippen LogP contribution in [0.15, 0.2) is 36.5 Å². The van der Waals surface area contributed by atoms with Crippen LogP contribution in [0.1, 0.15) is 21.5 Å². The Bertz CT molecular complexity index is 657. The van der Waals surface area contributed by atoms with Crippen molar-refractivity contribution in [2.24, 2.45) is 0 Å². The Morgan fingerprint density at radius 1 is 1.39 bits per heavy atom. The molecule has 4 nitrogen and oxygen atoms in total. The van der Waals surface area contributed by atoms with E-state index in [4.69, 9.17) is 10.4 Å². The van der Waals surface area contributed by atoms with Crippen LogP contribution in [0.2, 0.25) is 0 Å². The van der Waals surface area contributed by atoms with E-state index in [9.17, 15) is 4.79 Å². The van der Waals surface area contributed by atoms with Gasteiger partial charge in [-0.05, 0) is 18.6 Å². The van der Waals surface area contributed by atoms with Crippen molar-refractivity contribution in [2.45, 2.75) is 6.92 Å². The third-order valence-corrected chi connectivity index (χ3v) is 2.68. The standard InChI is InChI=1S/C14H10N2O2/c1-9-4-2-3-5-11(9)13-6-12(14(17)18)10(7-15)8-16-13/h2-6,8H,1H3,(H,17,18). The lowest BCUT2D eigenvalue weighted by Crippen LogP contribution is -2.02. The molecular formula is C14H10N2O2. The Balaban J connectivity index is 2.62. The van der Waals surface area contributed by atoms with E-state index >= 15 is 0 Å². The lowest BCUT2D eigenvalue weighted by molar-refractivity contribution is 0.0696. The number of benzene rings is 1. The SMILES string of the molecule is Cc1ccccc1-c1cc(C(=O)O)c(C#N)cn1.